The summed E-state index contributed by atoms with van der Waals surface area (Å²) in [5.74, 6) is 0. The van der Waals surface area contributed by atoms with Crippen molar-refractivity contribution in [1.82, 2.24) is 5.32 Å². The molecule has 12 heavy (non-hydrogen) atoms. The third-order valence-electron chi connectivity index (χ3n) is 3.45. The standard InChI is InChI=1S/C9H18N2O/c1-7-8(10)9(6-12-7)2-4-11-5-3-9/h7-8,11H,2-6,10H2,1H3/t7-,8-/m1/s1. The molecule has 2 saturated heterocycles. The number of nitrogens with one attached hydrogen (secondary N) is 1. The Kier molecular flexibility index (Phi) is 2.10. The van der Waals surface area contributed by atoms with E-state index in [2.05, 4.69) is 12.2 Å². The SMILES string of the molecule is C[C@H]1OCC2(CCNCC2)[C@@H]1N. The molecule has 0 aliphatic carbocycles. The van der Waals surface area contributed by atoms with Gasteiger partial charge in [0.2, 0.25) is 0 Å². The van der Waals surface area contributed by atoms with E-state index >= 15 is 0 Å². The average Bonchev–Trinajstić information content (AvgIpc) is 2.37. The summed E-state index contributed by atoms with van der Waals surface area (Å²) in [6.07, 6.45) is 2.61. The molecule has 0 amide bonds. The minimum Gasteiger partial charge on any atom is -0.376 e. The monoisotopic (exact) mass is 170 g/mol. The summed E-state index contributed by atoms with van der Waals surface area (Å²) in [6.45, 7) is 5.16. The van der Waals surface area contributed by atoms with Crippen molar-refractivity contribution in [2.75, 3.05) is 19.7 Å². The fourth-order valence-electron chi connectivity index (χ4n) is 2.40. The Hall–Kier alpha value is -0.120. The number of hydrogen-bond donors (Lipinski definition) is 2. The lowest BCUT2D eigenvalue weighted by Gasteiger charge is -2.36. The zero-order valence-electron chi connectivity index (χ0n) is 7.68. The first kappa shape index (κ1) is 8.48. The second-order valence-electron chi connectivity index (χ2n) is 4.15. The van der Waals surface area contributed by atoms with Gasteiger partial charge < -0.3 is 15.8 Å². The predicted octanol–water partition coefficient (Wildman–Crippen LogP) is 0.102. The van der Waals surface area contributed by atoms with Gasteiger partial charge in [-0.1, -0.05) is 0 Å². The summed E-state index contributed by atoms with van der Waals surface area (Å²) in [7, 11) is 0. The topological polar surface area (TPSA) is 47.3 Å². The highest BCUT2D eigenvalue weighted by Crippen LogP contribution is 2.39. The molecule has 0 aromatic heterocycles. The van der Waals surface area contributed by atoms with Gasteiger partial charge in [-0.15, -0.1) is 0 Å². The van der Waals surface area contributed by atoms with E-state index in [0.29, 0.717) is 5.41 Å². The lowest BCUT2D eigenvalue weighted by atomic mass is 9.74. The van der Waals surface area contributed by atoms with Gasteiger partial charge in [-0.25, -0.2) is 0 Å². The Labute approximate surface area is 73.7 Å². The van der Waals surface area contributed by atoms with Crippen molar-refractivity contribution in [2.24, 2.45) is 11.1 Å². The molecule has 2 atom stereocenters. The van der Waals surface area contributed by atoms with Crippen molar-refractivity contribution in [3.63, 3.8) is 0 Å². The molecule has 0 aromatic rings. The summed E-state index contributed by atoms with van der Waals surface area (Å²) in [5.41, 5.74) is 6.43. The van der Waals surface area contributed by atoms with E-state index in [1.54, 1.807) is 0 Å². The maximum atomic E-state index is 6.14. The van der Waals surface area contributed by atoms with Gasteiger partial charge in [0.15, 0.2) is 0 Å². The molecule has 2 aliphatic heterocycles. The van der Waals surface area contributed by atoms with Crippen LogP contribution in [0.25, 0.3) is 0 Å². The molecule has 1 spiro atoms. The molecule has 3 heteroatoms. The predicted molar refractivity (Wildman–Crippen MR) is 47.9 cm³/mol. The Bertz CT molecular complexity index is 160. The van der Waals surface area contributed by atoms with E-state index < -0.39 is 0 Å². The molecule has 2 fully saturated rings. The molecule has 0 aromatic carbocycles. The van der Waals surface area contributed by atoms with Gasteiger partial charge in [0.1, 0.15) is 0 Å². The van der Waals surface area contributed by atoms with E-state index in [1.807, 2.05) is 0 Å². The summed E-state index contributed by atoms with van der Waals surface area (Å²) in [5, 5.41) is 3.36. The highest BCUT2D eigenvalue weighted by atomic mass is 16.5. The van der Waals surface area contributed by atoms with Crippen molar-refractivity contribution in [3.05, 3.63) is 0 Å². The number of piperidine rings is 1. The Balaban J connectivity index is 2.09. The van der Waals surface area contributed by atoms with E-state index in [-0.39, 0.29) is 12.1 Å². The molecule has 3 nitrogen and oxygen atoms in total. The van der Waals surface area contributed by atoms with Crippen LogP contribution in [0, 0.1) is 5.41 Å². The maximum absolute atomic E-state index is 6.14. The Morgan fingerprint density at radius 1 is 1.42 bits per heavy atom. The third kappa shape index (κ3) is 1.16. The highest BCUT2D eigenvalue weighted by Gasteiger charge is 2.46. The molecule has 70 valence electrons. The van der Waals surface area contributed by atoms with Gasteiger partial charge in [-0.3, -0.25) is 0 Å². The second-order valence-corrected chi connectivity index (χ2v) is 4.15. The Morgan fingerprint density at radius 2 is 2.08 bits per heavy atom. The van der Waals surface area contributed by atoms with Crippen LogP contribution >= 0.6 is 0 Å². The van der Waals surface area contributed by atoms with E-state index in [1.165, 1.54) is 12.8 Å². The normalized spacial score (nSPS) is 40.5. The fraction of sp³-hybridized carbons (Fsp3) is 1.00. The minimum atomic E-state index is 0.250. The smallest absolute Gasteiger partial charge is 0.0704 e. The molecule has 2 heterocycles. The van der Waals surface area contributed by atoms with Crippen molar-refractivity contribution < 1.29 is 4.74 Å². The van der Waals surface area contributed by atoms with Gasteiger partial charge >= 0.3 is 0 Å². The largest absolute Gasteiger partial charge is 0.376 e. The van der Waals surface area contributed by atoms with Gasteiger partial charge in [0, 0.05) is 11.5 Å². The number of rotatable bonds is 0. The summed E-state index contributed by atoms with van der Waals surface area (Å²) in [4.78, 5) is 0. The first-order valence-electron chi connectivity index (χ1n) is 4.82. The quantitative estimate of drug-likeness (QED) is 0.542. The van der Waals surface area contributed by atoms with Crippen molar-refractivity contribution in [3.8, 4) is 0 Å². The van der Waals surface area contributed by atoms with E-state index in [9.17, 15) is 0 Å². The Morgan fingerprint density at radius 3 is 2.58 bits per heavy atom. The van der Waals surface area contributed by atoms with Crippen LogP contribution in [0.2, 0.25) is 0 Å². The minimum absolute atomic E-state index is 0.250. The molecule has 3 N–H and O–H groups in total. The molecule has 2 rings (SSSR count). The zero-order valence-corrected chi connectivity index (χ0v) is 7.68. The lowest BCUT2D eigenvalue weighted by Crippen LogP contribution is -2.49. The zero-order chi connectivity index (χ0) is 8.60. The second kappa shape index (κ2) is 2.98. The van der Waals surface area contributed by atoms with Gasteiger partial charge in [0.05, 0.1) is 12.7 Å². The van der Waals surface area contributed by atoms with Crippen LogP contribution < -0.4 is 11.1 Å². The van der Waals surface area contributed by atoms with Crippen LogP contribution in [-0.4, -0.2) is 31.8 Å². The van der Waals surface area contributed by atoms with Crippen LogP contribution in [0.1, 0.15) is 19.8 Å². The summed E-state index contributed by atoms with van der Waals surface area (Å²) < 4.78 is 5.61. The fourth-order valence-corrected chi connectivity index (χ4v) is 2.40. The van der Waals surface area contributed by atoms with E-state index in [4.69, 9.17) is 10.5 Å². The summed E-state index contributed by atoms with van der Waals surface area (Å²) >= 11 is 0. The molecule has 0 bridgehead atoms. The van der Waals surface area contributed by atoms with Gasteiger partial charge in [-0.05, 0) is 32.9 Å². The molecular formula is C9H18N2O. The summed E-state index contributed by atoms with van der Waals surface area (Å²) in [6, 6.07) is 0.250. The highest BCUT2D eigenvalue weighted by molar-refractivity contribution is 4.99. The van der Waals surface area contributed by atoms with Crippen LogP contribution in [0.4, 0.5) is 0 Å². The van der Waals surface area contributed by atoms with Crippen molar-refractivity contribution in [1.29, 1.82) is 0 Å². The van der Waals surface area contributed by atoms with Crippen molar-refractivity contribution >= 4 is 0 Å². The average molecular weight is 170 g/mol. The first-order chi connectivity index (χ1) is 5.75. The number of hydrogen-bond acceptors (Lipinski definition) is 3. The molecule has 0 saturated carbocycles. The lowest BCUT2D eigenvalue weighted by molar-refractivity contribution is 0.0952. The molecule has 0 radical (unpaired) electrons. The van der Waals surface area contributed by atoms with Gasteiger partial charge in [0.25, 0.3) is 0 Å². The van der Waals surface area contributed by atoms with Crippen LogP contribution in [0.5, 0.6) is 0 Å². The molecule has 2 aliphatic rings. The number of nitrogens with two attached hydrogens (primary N) is 1. The molecular weight excluding hydrogens is 152 g/mol. The van der Waals surface area contributed by atoms with Gasteiger partial charge in [-0.2, -0.15) is 0 Å². The van der Waals surface area contributed by atoms with E-state index in [0.717, 1.165) is 19.7 Å². The maximum Gasteiger partial charge on any atom is 0.0704 e. The number of ether oxygens (including phenoxy) is 1. The third-order valence-corrected chi connectivity index (χ3v) is 3.45. The van der Waals surface area contributed by atoms with Crippen LogP contribution in [-0.2, 0) is 4.74 Å². The molecule has 0 unspecified atom stereocenters. The van der Waals surface area contributed by atoms with Crippen LogP contribution in [0.3, 0.4) is 0 Å². The van der Waals surface area contributed by atoms with Crippen molar-refractivity contribution in [2.45, 2.75) is 31.9 Å². The van der Waals surface area contributed by atoms with Crippen LogP contribution in [0.15, 0.2) is 0 Å². The first-order valence-corrected chi connectivity index (χ1v) is 4.82.